The van der Waals surface area contributed by atoms with Crippen LogP contribution in [-0.2, 0) is 16.1 Å². The number of ether oxygens (including phenoxy) is 1. The number of carbonyl (C=O) groups is 1. The molecule has 1 aliphatic heterocycles. The maximum absolute atomic E-state index is 12.8. The van der Waals surface area contributed by atoms with Crippen molar-refractivity contribution in [2.75, 3.05) is 52.3 Å². The molecule has 0 spiro atoms. The van der Waals surface area contributed by atoms with Crippen molar-refractivity contribution in [2.45, 2.75) is 12.6 Å². The van der Waals surface area contributed by atoms with Gasteiger partial charge >= 0.3 is 0 Å². The Kier molecular flexibility index (Phi) is 7.44. The molecule has 5 nitrogen and oxygen atoms in total. The van der Waals surface area contributed by atoms with Gasteiger partial charge in [0.15, 0.2) is 0 Å². The van der Waals surface area contributed by atoms with Crippen LogP contribution in [0.1, 0.15) is 11.1 Å². The van der Waals surface area contributed by atoms with Gasteiger partial charge in [0.1, 0.15) is 0 Å². The first-order valence-electron chi connectivity index (χ1n) is 10.1. The van der Waals surface area contributed by atoms with Crippen LogP contribution in [0.3, 0.4) is 0 Å². The highest BCUT2D eigenvalue weighted by molar-refractivity contribution is 5.78. The topological polar surface area (TPSA) is 36.0 Å². The summed E-state index contributed by atoms with van der Waals surface area (Å²) in [6.07, 6.45) is 4.24. The lowest BCUT2D eigenvalue weighted by molar-refractivity contribution is -0.132. The number of hydrogen-bond donors (Lipinski definition) is 0. The van der Waals surface area contributed by atoms with Crippen molar-refractivity contribution >= 4 is 17.7 Å². The summed E-state index contributed by atoms with van der Waals surface area (Å²) in [6, 6.07) is 18.6. The summed E-state index contributed by atoms with van der Waals surface area (Å²) in [7, 11) is 5.80. The van der Waals surface area contributed by atoms with Gasteiger partial charge in [0, 0.05) is 53.1 Å². The molecule has 3 rings (SSSR count). The monoisotopic (exact) mass is 393 g/mol. The van der Waals surface area contributed by atoms with Crippen molar-refractivity contribution in [3.8, 4) is 0 Å². The summed E-state index contributed by atoms with van der Waals surface area (Å²) in [4.78, 5) is 19.0. The van der Waals surface area contributed by atoms with E-state index >= 15 is 0 Å². The maximum Gasteiger partial charge on any atom is 0.237 e. The number of rotatable bonds is 7. The number of nitrogens with zero attached hydrogens (tertiary/aromatic N) is 3. The van der Waals surface area contributed by atoms with Crippen molar-refractivity contribution < 1.29 is 9.53 Å². The SMILES string of the molecule is CO[C@H]1CN(C/C=C/c2ccc(N(C)C)cc2)CC(=O)N(Cc2ccccc2)C1. The van der Waals surface area contributed by atoms with Gasteiger partial charge in [-0.3, -0.25) is 9.69 Å². The van der Waals surface area contributed by atoms with Gasteiger partial charge in [-0.1, -0.05) is 54.6 Å². The Balaban J connectivity index is 1.60. The largest absolute Gasteiger partial charge is 0.378 e. The molecule has 0 N–H and O–H groups in total. The number of amides is 1. The van der Waals surface area contributed by atoms with E-state index in [9.17, 15) is 4.79 Å². The lowest BCUT2D eigenvalue weighted by atomic mass is 10.2. The maximum atomic E-state index is 12.8. The van der Waals surface area contributed by atoms with Crippen molar-refractivity contribution in [3.05, 3.63) is 71.8 Å². The first-order valence-corrected chi connectivity index (χ1v) is 10.1. The molecule has 2 aromatic rings. The van der Waals surface area contributed by atoms with Crippen LogP contribution in [-0.4, -0.2) is 69.2 Å². The standard InChI is InChI=1S/C24H31N3O2/c1-25(2)22-13-11-20(12-14-22)10-7-15-26-17-23(29-3)18-27(24(28)19-26)16-21-8-5-4-6-9-21/h4-14,23H,15-19H2,1-3H3/b10-7+/t23-/m0/s1. The van der Waals surface area contributed by atoms with Crippen LogP contribution in [0.25, 0.3) is 6.08 Å². The fourth-order valence-corrected chi connectivity index (χ4v) is 3.52. The molecular weight excluding hydrogens is 362 g/mol. The molecule has 154 valence electrons. The van der Waals surface area contributed by atoms with E-state index in [0.717, 1.165) is 24.2 Å². The van der Waals surface area contributed by atoms with E-state index in [2.05, 4.69) is 58.4 Å². The number of hydrogen-bond acceptors (Lipinski definition) is 4. The van der Waals surface area contributed by atoms with Gasteiger partial charge in [-0.05, 0) is 23.3 Å². The Morgan fingerprint density at radius 3 is 2.45 bits per heavy atom. The highest BCUT2D eigenvalue weighted by Gasteiger charge is 2.27. The van der Waals surface area contributed by atoms with Gasteiger partial charge in [-0.15, -0.1) is 0 Å². The molecule has 1 aliphatic rings. The van der Waals surface area contributed by atoms with Crippen molar-refractivity contribution in [2.24, 2.45) is 0 Å². The van der Waals surface area contributed by atoms with Gasteiger partial charge in [0.25, 0.3) is 0 Å². The molecule has 0 radical (unpaired) electrons. The molecule has 1 heterocycles. The van der Waals surface area contributed by atoms with E-state index in [4.69, 9.17) is 4.74 Å². The number of methoxy groups -OCH3 is 1. The number of benzene rings is 2. The molecule has 0 saturated carbocycles. The summed E-state index contributed by atoms with van der Waals surface area (Å²) in [5.41, 5.74) is 3.48. The highest BCUT2D eigenvalue weighted by atomic mass is 16.5. The van der Waals surface area contributed by atoms with E-state index in [1.54, 1.807) is 7.11 Å². The Morgan fingerprint density at radius 1 is 1.07 bits per heavy atom. The molecule has 0 unspecified atom stereocenters. The van der Waals surface area contributed by atoms with Crippen molar-refractivity contribution in [3.63, 3.8) is 0 Å². The summed E-state index contributed by atoms with van der Waals surface area (Å²) in [5.74, 6) is 0.150. The van der Waals surface area contributed by atoms with Crippen LogP contribution in [0, 0.1) is 0 Å². The minimum atomic E-state index is 0.0120. The van der Waals surface area contributed by atoms with E-state index in [0.29, 0.717) is 19.6 Å². The summed E-state index contributed by atoms with van der Waals surface area (Å²) in [6.45, 7) is 3.13. The van der Waals surface area contributed by atoms with Gasteiger partial charge in [0.2, 0.25) is 5.91 Å². The third-order valence-electron chi connectivity index (χ3n) is 5.23. The number of anilines is 1. The first-order chi connectivity index (χ1) is 14.0. The normalized spacial score (nSPS) is 18.2. The number of carbonyl (C=O) groups excluding carboxylic acids is 1. The molecule has 5 heteroatoms. The van der Waals surface area contributed by atoms with Crippen molar-refractivity contribution in [1.82, 2.24) is 9.80 Å². The predicted molar refractivity (Wildman–Crippen MR) is 119 cm³/mol. The summed E-state index contributed by atoms with van der Waals surface area (Å²) in [5, 5.41) is 0. The second kappa shape index (κ2) is 10.2. The van der Waals surface area contributed by atoms with E-state index in [1.165, 1.54) is 5.69 Å². The molecule has 0 bridgehead atoms. The van der Waals surface area contributed by atoms with E-state index in [-0.39, 0.29) is 12.0 Å². The molecule has 29 heavy (non-hydrogen) atoms. The van der Waals surface area contributed by atoms with Gasteiger partial charge in [-0.2, -0.15) is 0 Å². The molecule has 0 aromatic heterocycles. The fraction of sp³-hybridized carbons (Fsp3) is 0.375. The van der Waals surface area contributed by atoms with Gasteiger partial charge < -0.3 is 14.5 Å². The summed E-state index contributed by atoms with van der Waals surface area (Å²) < 4.78 is 5.65. The van der Waals surface area contributed by atoms with Crippen LogP contribution in [0.5, 0.6) is 0 Å². The van der Waals surface area contributed by atoms with Crippen LogP contribution in [0.2, 0.25) is 0 Å². The van der Waals surface area contributed by atoms with E-state index in [1.807, 2.05) is 37.2 Å². The molecule has 1 saturated heterocycles. The molecular formula is C24H31N3O2. The van der Waals surface area contributed by atoms with Crippen LogP contribution in [0.15, 0.2) is 60.7 Å². The Morgan fingerprint density at radius 2 is 1.79 bits per heavy atom. The molecule has 2 aromatic carbocycles. The smallest absolute Gasteiger partial charge is 0.237 e. The minimum absolute atomic E-state index is 0.0120. The lowest BCUT2D eigenvalue weighted by Crippen LogP contribution is -2.37. The zero-order valence-corrected chi connectivity index (χ0v) is 17.6. The third-order valence-corrected chi connectivity index (χ3v) is 5.23. The van der Waals surface area contributed by atoms with Crippen molar-refractivity contribution in [1.29, 1.82) is 0 Å². The second-order valence-corrected chi connectivity index (χ2v) is 7.70. The fourth-order valence-electron chi connectivity index (χ4n) is 3.52. The van der Waals surface area contributed by atoms with Gasteiger partial charge in [-0.25, -0.2) is 0 Å². The average Bonchev–Trinajstić information content (AvgIpc) is 2.87. The highest BCUT2D eigenvalue weighted by Crippen LogP contribution is 2.14. The Bertz CT molecular complexity index is 803. The zero-order chi connectivity index (χ0) is 20.6. The average molecular weight is 394 g/mol. The summed E-state index contributed by atoms with van der Waals surface area (Å²) >= 11 is 0. The van der Waals surface area contributed by atoms with Gasteiger partial charge in [0.05, 0.1) is 12.6 Å². The molecule has 0 aliphatic carbocycles. The van der Waals surface area contributed by atoms with Crippen LogP contribution >= 0.6 is 0 Å². The van der Waals surface area contributed by atoms with Crippen LogP contribution < -0.4 is 4.90 Å². The second-order valence-electron chi connectivity index (χ2n) is 7.70. The third kappa shape index (κ3) is 6.17. The zero-order valence-electron chi connectivity index (χ0n) is 17.6. The molecule has 1 atom stereocenters. The lowest BCUT2D eigenvalue weighted by Gasteiger charge is -2.23. The quantitative estimate of drug-likeness (QED) is 0.724. The minimum Gasteiger partial charge on any atom is -0.378 e. The first kappa shape index (κ1) is 21.1. The Hall–Kier alpha value is -2.63. The van der Waals surface area contributed by atoms with Crippen LogP contribution in [0.4, 0.5) is 5.69 Å². The predicted octanol–water partition coefficient (Wildman–Crippen LogP) is 3.13. The molecule has 1 fully saturated rings. The Labute approximate surface area is 174 Å². The van der Waals surface area contributed by atoms with E-state index < -0.39 is 0 Å². The molecule has 1 amide bonds.